The number of nitrogens with one attached hydrogen (secondary N) is 1. The fourth-order valence-electron chi connectivity index (χ4n) is 3.50. The Hall–Kier alpha value is -1.80. The van der Waals surface area contributed by atoms with Crippen molar-refractivity contribution in [2.45, 2.75) is 43.1 Å². The zero-order chi connectivity index (χ0) is 22.3. The van der Waals surface area contributed by atoms with Crippen molar-refractivity contribution in [3.05, 3.63) is 58.6 Å². The van der Waals surface area contributed by atoms with Crippen LogP contribution in [0.25, 0.3) is 0 Å². The smallest absolute Gasteiger partial charge is 0.264 e. The number of carbonyl (C=O) groups is 1. The molecule has 0 aliphatic heterocycles. The summed E-state index contributed by atoms with van der Waals surface area (Å²) < 4.78 is 33.3. The van der Waals surface area contributed by atoms with Crippen LogP contribution in [0.4, 0.5) is 5.69 Å². The standard InChI is InChI=1S/C22H26Cl2N2O4S/c23-19-12-6-13-20(22(19)24)26(31(28,29)18-10-2-1-3-11-18)16-21(27)25-14-7-15-30-17-8-4-5-9-17/h1-3,6,10-13,17H,4-5,7-9,14-16H2,(H,25,27). The Labute approximate surface area is 193 Å². The first-order chi connectivity index (χ1) is 14.9. The van der Waals surface area contributed by atoms with Crippen molar-refractivity contribution in [1.82, 2.24) is 5.32 Å². The van der Waals surface area contributed by atoms with Gasteiger partial charge in [-0.05, 0) is 43.5 Å². The number of benzene rings is 2. The van der Waals surface area contributed by atoms with Gasteiger partial charge in [-0.2, -0.15) is 0 Å². The molecule has 0 spiro atoms. The van der Waals surface area contributed by atoms with Gasteiger partial charge in [0.25, 0.3) is 10.0 Å². The number of sulfonamides is 1. The molecule has 9 heteroatoms. The van der Waals surface area contributed by atoms with Gasteiger partial charge in [0.2, 0.25) is 5.91 Å². The average molecular weight is 485 g/mol. The van der Waals surface area contributed by atoms with E-state index in [4.69, 9.17) is 27.9 Å². The van der Waals surface area contributed by atoms with E-state index in [0.717, 1.165) is 17.1 Å². The van der Waals surface area contributed by atoms with Crippen molar-refractivity contribution < 1.29 is 17.9 Å². The second-order valence-corrected chi connectivity index (χ2v) is 10.0. The Morgan fingerprint density at radius 2 is 1.77 bits per heavy atom. The highest BCUT2D eigenvalue weighted by Crippen LogP contribution is 2.35. The second kappa shape index (κ2) is 11.2. The van der Waals surface area contributed by atoms with Gasteiger partial charge in [-0.3, -0.25) is 9.10 Å². The monoisotopic (exact) mass is 484 g/mol. The molecule has 0 atom stereocenters. The Morgan fingerprint density at radius 1 is 1.06 bits per heavy atom. The van der Waals surface area contributed by atoms with E-state index in [1.807, 2.05) is 0 Å². The maximum Gasteiger partial charge on any atom is 0.264 e. The Balaban J connectivity index is 1.68. The number of carbonyl (C=O) groups excluding carboxylic acids is 1. The number of hydrogen-bond donors (Lipinski definition) is 1. The van der Waals surface area contributed by atoms with Crippen molar-refractivity contribution in [3.63, 3.8) is 0 Å². The van der Waals surface area contributed by atoms with Crippen LogP contribution in [0.2, 0.25) is 10.0 Å². The van der Waals surface area contributed by atoms with Gasteiger partial charge >= 0.3 is 0 Å². The molecule has 1 N–H and O–H groups in total. The van der Waals surface area contributed by atoms with Crippen LogP contribution < -0.4 is 9.62 Å². The van der Waals surface area contributed by atoms with Crippen molar-refractivity contribution in [2.75, 3.05) is 24.0 Å². The van der Waals surface area contributed by atoms with Crippen molar-refractivity contribution in [1.29, 1.82) is 0 Å². The number of nitrogens with zero attached hydrogens (tertiary/aromatic N) is 1. The molecule has 1 amide bonds. The van der Waals surface area contributed by atoms with Crippen LogP contribution in [-0.2, 0) is 19.6 Å². The van der Waals surface area contributed by atoms with Crippen LogP contribution in [0.3, 0.4) is 0 Å². The molecule has 0 bridgehead atoms. The lowest BCUT2D eigenvalue weighted by Crippen LogP contribution is -2.41. The quantitative estimate of drug-likeness (QED) is 0.497. The Kier molecular flexibility index (Phi) is 8.60. The van der Waals surface area contributed by atoms with E-state index >= 15 is 0 Å². The number of ether oxygens (including phenoxy) is 1. The largest absolute Gasteiger partial charge is 0.378 e. The van der Waals surface area contributed by atoms with E-state index in [1.165, 1.54) is 31.0 Å². The van der Waals surface area contributed by atoms with Crippen molar-refractivity contribution >= 4 is 44.8 Å². The molecule has 3 rings (SSSR count). The molecule has 0 radical (unpaired) electrons. The fourth-order valence-corrected chi connectivity index (χ4v) is 5.40. The maximum atomic E-state index is 13.3. The van der Waals surface area contributed by atoms with E-state index in [-0.39, 0.29) is 20.6 Å². The van der Waals surface area contributed by atoms with Crippen LogP contribution >= 0.6 is 23.2 Å². The molecule has 2 aromatic rings. The average Bonchev–Trinajstić information content (AvgIpc) is 3.28. The second-order valence-electron chi connectivity index (χ2n) is 7.38. The zero-order valence-corrected chi connectivity index (χ0v) is 19.4. The van der Waals surface area contributed by atoms with Crippen LogP contribution in [0.5, 0.6) is 0 Å². The summed E-state index contributed by atoms with van der Waals surface area (Å²) in [5.74, 6) is -0.434. The number of anilines is 1. The van der Waals surface area contributed by atoms with Gasteiger partial charge < -0.3 is 10.1 Å². The first kappa shape index (κ1) is 23.9. The molecular formula is C22H26Cl2N2O4S. The molecule has 2 aromatic carbocycles. The summed E-state index contributed by atoms with van der Waals surface area (Å²) in [6.45, 7) is 0.548. The third kappa shape index (κ3) is 6.35. The topological polar surface area (TPSA) is 75.7 Å². The molecule has 0 heterocycles. The Morgan fingerprint density at radius 3 is 2.48 bits per heavy atom. The molecule has 31 heavy (non-hydrogen) atoms. The molecule has 1 saturated carbocycles. The molecule has 0 saturated heterocycles. The molecule has 168 valence electrons. The van der Waals surface area contributed by atoms with Crippen LogP contribution in [-0.4, -0.2) is 40.1 Å². The molecule has 1 aliphatic rings. The maximum absolute atomic E-state index is 13.3. The van der Waals surface area contributed by atoms with E-state index in [0.29, 0.717) is 25.7 Å². The van der Waals surface area contributed by atoms with Crippen LogP contribution in [0.15, 0.2) is 53.4 Å². The molecule has 1 fully saturated rings. The first-order valence-electron chi connectivity index (χ1n) is 10.3. The fraction of sp³-hybridized carbons (Fsp3) is 0.409. The van der Waals surface area contributed by atoms with E-state index in [9.17, 15) is 13.2 Å². The molecule has 6 nitrogen and oxygen atoms in total. The van der Waals surface area contributed by atoms with Crippen molar-refractivity contribution in [3.8, 4) is 0 Å². The minimum atomic E-state index is -4.03. The van der Waals surface area contributed by atoms with Gasteiger partial charge in [0.15, 0.2) is 0 Å². The van der Waals surface area contributed by atoms with Gasteiger partial charge in [0.1, 0.15) is 6.54 Å². The first-order valence-corrected chi connectivity index (χ1v) is 12.5. The molecule has 1 aliphatic carbocycles. The highest BCUT2D eigenvalue weighted by atomic mass is 35.5. The molecule has 0 unspecified atom stereocenters. The zero-order valence-electron chi connectivity index (χ0n) is 17.1. The highest BCUT2D eigenvalue weighted by molar-refractivity contribution is 7.92. The summed E-state index contributed by atoms with van der Waals surface area (Å²) in [6, 6.07) is 12.6. The number of amides is 1. The number of hydrogen-bond acceptors (Lipinski definition) is 4. The summed E-state index contributed by atoms with van der Waals surface area (Å²) in [4.78, 5) is 12.6. The minimum absolute atomic E-state index is 0.0591. The van der Waals surface area contributed by atoms with E-state index in [2.05, 4.69) is 5.32 Å². The summed E-state index contributed by atoms with van der Waals surface area (Å²) in [5, 5.41) is 3.04. The third-order valence-corrected chi connectivity index (χ3v) is 7.70. The van der Waals surface area contributed by atoms with Crippen LogP contribution in [0, 0.1) is 0 Å². The lowest BCUT2D eigenvalue weighted by molar-refractivity contribution is -0.119. The minimum Gasteiger partial charge on any atom is -0.378 e. The van der Waals surface area contributed by atoms with Crippen LogP contribution in [0.1, 0.15) is 32.1 Å². The highest BCUT2D eigenvalue weighted by Gasteiger charge is 2.29. The van der Waals surface area contributed by atoms with Gasteiger partial charge in [0.05, 0.1) is 26.7 Å². The van der Waals surface area contributed by atoms with Gasteiger partial charge in [-0.1, -0.05) is 60.3 Å². The molecular weight excluding hydrogens is 459 g/mol. The van der Waals surface area contributed by atoms with Gasteiger partial charge in [-0.15, -0.1) is 0 Å². The van der Waals surface area contributed by atoms with Gasteiger partial charge in [0, 0.05) is 13.2 Å². The van der Waals surface area contributed by atoms with E-state index < -0.39 is 22.5 Å². The summed E-state index contributed by atoms with van der Waals surface area (Å²) in [6.07, 6.45) is 5.59. The lowest BCUT2D eigenvalue weighted by atomic mass is 10.3. The Bertz CT molecular complexity index is 980. The van der Waals surface area contributed by atoms with E-state index in [1.54, 1.807) is 30.3 Å². The lowest BCUT2D eigenvalue weighted by Gasteiger charge is -2.25. The number of rotatable bonds is 10. The predicted octanol–water partition coefficient (Wildman–Crippen LogP) is 4.65. The SMILES string of the molecule is O=C(CN(c1cccc(Cl)c1Cl)S(=O)(=O)c1ccccc1)NCCCOC1CCCC1. The molecule has 0 aromatic heterocycles. The predicted molar refractivity (Wildman–Crippen MR) is 123 cm³/mol. The normalized spacial score (nSPS) is 14.5. The third-order valence-electron chi connectivity index (χ3n) is 5.12. The van der Waals surface area contributed by atoms with Crippen molar-refractivity contribution in [2.24, 2.45) is 0 Å². The summed E-state index contributed by atoms with van der Waals surface area (Å²) >= 11 is 12.4. The summed E-state index contributed by atoms with van der Waals surface area (Å²) in [5.41, 5.74) is 0.151. The van der Waals surface area contributed by atoms with Gasteiger partial charge in [-0.25, -0.2) is 8.42 Å². The summed E-state index contributed by atoms with van der Waals surface area (Å²) in [7, 11) is -4.03. The number of halogens is 2.